The maximum Gasteiger partial charge on any atom is 5.00 e. The Hall–Kier alpha value is -1.17. The zero-order valence-corrected chi connectivity index (χ0v) is 28.0. The van der Waals surface area contributed by atoms with E-state index < -0.39 is 0 Å². The number of hydrogen-bond acceptors (Lipinski definition) is 1. The smallest absolute Gasteiger partial charge is 1.00 e. The molecule has 0 aliphatic rings. The number of halogens is 6. The van der Waals surface area contributed by atoms with Crippen LogP contribution in [0.5, 0.6) is 5.75 Å². The molecule has 0 heterocycles. The molecule has 0 saturated heterocycles. The van der Waals surface area contributed by atoms with Crippen molar-refractivity contribution in [1.82, 2.24) is 0 Å². The predicted octanol–water partition coefficient (Wildman–Crippen LogP) is -9.92. The van der Waals surface area contributed by atoms with Crippen molar-refractivity contribution in [2.45, 2.75) is 51.9 Å². The number of rotatable bonds is 3. The second kappa shape index (κ2) is 23.7. The van der Waals surface area contributed by atoms with Crippen LogP contribution in [0, 0.1) is 0 Å². The molecule has 0 saturated carbocycles. The van der Waals surface area contributed by atoms with Gasteiger partial charge in [-0.25, -0.2) is 0 Å². The standard InChI is InChI=1S/C20H27P.C7H8NO.Au.6FH.Sb/c1-19(2,3)21(20(4,5)6)18-15-11-10-14-17(18)16-12-8-7-9-13-16;1-9-7-4-2-6(8)3-5-7;;;;;;;;/h7-15H,1-6H3;2-5,8H,1H3;;6*1H;/q;-1;+1;;;;;;;+5/p-6. The molecule has 38 heavy (non-hydrogen) atoms. The number of ether oxygens (including phenoxy) is 1. The van der Waals surface area contributed by atoms with E-state index in [0.717, 1.165) is 5.75 Å². The molecule has 0 bridgehead atoms. The molecule has 218 valence electrons. The third-order valence-corrected chi connectivity index (χ3v) is 8.22. The minimum atomic E-state index is -0.282. The fraction of sp³-hybridized carbons (Fsp3) is 0.333. The van der Waals surface area contributed by atoms with Gasteiger partial charge in [0.1, 0.15) is 5.75 Å². The van der Waals surface area contributed by atoms with Crippen LogP contribution >= 0.6 is 7.92 Å². The Kier molecular flexibility index (Phi) is 33.1. The first-order valence-electron chi connectivity index (χ1n) is 10.3. The Morgan fingerprint density at radius 3 is 1.39 bits per heavy atom. The van der Waals surface area contributed by atoms with Crippen molar-refractivity contribution in [3.8, 4) is 16.9 Å². The summed E-state index contributed by atoms with van der Waals surface area (Å²) in [6.45, 7) is 14.3. The molecule has 0 amide bonds. The van der Waals surface area contributed by atoms with Gasteiger partial charge in [0.15, 0.2) is 0 Å². The molecule has 0 aromatic heterocycles. The van der Waals surface area contributed by atoms with Crippen LogP contribution in [0.15, 0.2) is 78.9 Å². The zero-order valence-electron chi connectivity index (χ0n) is 22.4. The number of methoxy groups -OCH3 is 1. The molecule has 0 unspecified atom stereocenters. The molecule has 11 heteroatoms. The van der Waals surface area contributed by atoms with Gasteiger partial charge in [-0.05, 0) is 38.9 Å². The van der Waals surface area contributed by atoms with Gasteiger partial charge in [0.05, 0.1) is 7.11 Å². The molecular formula is C27H35AuF6NOPSb-. The third kappa shape index (κ3) is 16.1. The van der Waals surface area contributed by atoms with E-state index >= 15 is 0 Å². The average molecular weight is 853 g/mol. The molecule has 0 aliphatic heterocycles. The molecule has 3 aromatic rings. The maximum atomic E-state index is 7.11. The molecule has 0 aliphatic carbocycles. The quantitative estimate of drug-likeness (QED) is 0.147. The predicted molar refractivity (Wildman–Crippen MR) is 141 cm³/mol. The van der Waals surface area contributed by atoms with E-state index in [1.165, 1.54) is 16.4 Å². The van der Waals surface area contributed by atoms with Gasteiger partial charge in [0.25, 0.3) is 0 Å². The zero-order chi connectivity index (χ0) is 22.4. The topological polar surface area (TPSA) is 33.0 Å². The SMILES string of the molecule is CC(C)(C)P(c1ccccc1-c1ccccc1)C(C)(C)C.COc1ccc([NH-])cc1.[Au+].[F-].[F-].[F-].[F-].[F-].[F-].[Sb+5]. The normalized spacial score (nSPS) is 9.16. The van der Waals surface area contributed by atoms with Crippen molar-refractivity contribution in [3.05, 3.63) is 84.6 Å². The maximum absolute atomic E-state index is 7.11. The monoisotopic (exact) mass is 852 g/mol. The van der Waals surface area contributed by atoms with Crippen LogP contribution in [-0.4, -0.2) is 41.8 Å². The Bertz CT molecular complexity index is 929. The number of hydrogen-bond donors (Lipinski definition) is 0. The van der Waals surface area contributed by atoms with Crippen LogP contribution in [0.4, 0.5) is 5.69 Å². The van der Waals surface area contributed by atoms with E-state index in [2.05, 4.69) is 96.1 Å². The molecule has 3 rings (SSSR count). The minimum Gasteiger partial charge on any atom is -1.00 e. The van der Waals surface area contributed by atoms with Gasteiger partial charge in [-0.15, -0.1) is 5.69 Å². The van der Waals surface area contributed by atoms with Gasteiger partial charge in [0, 0.05) is 0 Å². The summed E-state index contributed by atoms with van der Waals surface area (Å²) in [5.74, 6) is 0.797. The van der Waals surface area contributed by atoms with Crippen LogP contribution in [0.1, 0.15) is 41.5 Å². The molecule has 1 N–H and O–H groups in total. The Morgan fingerprint density at radius 1 is 0.605 bits per heavy atom. The van der Waals surface area contributed by atoms with Crippen molar-refractivity contribution in [2.75, 3.05) is 7.11 Å². The van der Waals surface area contributed by atoms with Crippen LogP contribution in [0.25, 0.3) is 16.9 Å². The minimum absolute atomic E-state index is 0. The van der Waals surface area contributed by atoms with Gasteiger partial charge in [-0.2, -0.15) is 0 Å². The van der Waals surface area contributed by atoms with Crippen molar-refractivity contribution >= 4 is 43.3 Å². The summed E-state index contributed by atoms with van der Waals surface area (Å²) in [6.07, 6.45) is 0. The largest absolute Gasteiger partial charge is 5.00 e. The van der Waals surface area contributed by atoms with Gasteiger partial charge >= 0.3 is 46.8 Å². The van der Waals surface area contributed by atoms with Crippen LogP contribution in [-0.2, 0) is 22.4 Å². The van der Waals surface area contributed by atoms with E-state index in [4.69, 9.17) is 10.5 Å². The first-order chi connectivity index (χ1) is 14.0. The van der Waals surface area contributed by atoms with Crippen molar-refractivity contribution in [2.24, 2.45) is 0 Å². The summed E-state index contributed by atoms with van der Waals surface area (Å²) in [5, 5.41) is 2.11. The van der Waals surface area contributed by atoms with Gasteiger partial charge in [0.2, 0.25) is 0 Å². The van der Waals surface area contributed by atoms with Gasteiger partial charge in [-0.1, -0.05) is 116 Å². The summed E-state index contributed by atoms with van der Waals surface area (Å²) >= 11 is 0. The van der Waals surface area contributed by atoms with E-state index in [0.29, 0.717) is 16.0 Å². The van der Waals surface area contributed by atoms with Crippen molar-refractivity contribution in [3.63, 3.8) is 0 Å². The van der Waals surface area contributed by atoms with Crippen molar-refractivity contribution in [1.29, 1.82) is 0 Å². The molecule has 0 spiro atoms. The Labute approximate surface area is 257 Å². The summed E-state index contributed by atoms with van der Waals surface area (Å²) in [4.78, 5) is 0. The summed E-state index contributed by atoms with van der Waals surface area (Å²) < 4.78 is 4.89. The third-order valence-electron chi connectivity index (χ3n) is 4.66. The molecule has 3 aromatic carbocycles. The summed E-state index contributed by atoms with van der Waals surface area (Å²) in [7, 11) is 1.33. The van der Waals surface area contributed by atoms with Crippen LogP contribution < -0.4 is 38.3 Å². The molecule has 2 nitrogen and oxygen atoms in total. The fourth-order valence-corrected chi connectivity index (χ4v) is 7.99. The second-order valence-electron chi connectivity index (χ2n) is 9.29. The average Bonchev–Trinajstić information content (AvgIpc) is 2.68. The van der Waals surface area contributed by atoms with E-state index in [1.807, 2.05) is 0 Å². The van der Waals surface area contributed by atoms with E-state index in [-0.39, 0.29) is 83.0 Å². The molecule has 0 radical (unpaired) electrons. The molecular weight excluding hydrogens is 818 g/mol. The second-order valence-corrected chi connectivity index (χ2v) is 13.1. The van der Waals surface area contributed by atoms with Gasteiger partial charge in [-0.3, -0.25) is 0 Å². The fourth-order valence-electron chi connectivity index (χ4n) is 3.85. The summed E-state index contributed by atoms with van der Waals surface area (Å²) in [5.41, 5.74) is 10.3. The Balaban J connectivity index is -0.0000000995. The van der Waals surface area contributed by atoms with Crippen LogP contribution in [0.2, 0.25) is 0 Å². The van der Waals surface area contributed by atoms with E-state index in [9.17, 15) is 0 Å². The van der Waals surface area contributed by atoms with Crippen molar-refractivity contribution < 1.29 is 55.3 Å². The first-order valence-corrected chi connectivity index (χ1v) is 11.7. The molecule has 0 fully saturated rings. The van der Waals surface area contributed by atoms with E-state index in [1.54, 1.807) is 31.4 Å². The summed E-state index contributed by atoms with van der Waals surface area (Å²) in [6, 6.07) is 26.7. The number of benzene rings is 3. The van der Waals surface area contributed by atoms with Gasteiger partial charge < -0.3 is 38.7 Å². The number of nitrogens with one attached hydrogen (secondary N) is 1. The van der Waals surface area contributed by atoms with Crippen LogP contribution in [0.3, 0.4) is 0 Å². The Morgan fingerprint density at radius 2 is 1.00 bits per heavy atom. The first kappa shape index (κ1) is 53.1. The molecule has 0 atom stereocenters.